The zero-order valence-electron chi connectivity index (χ0n) is 12.4. The van der Waals surface area contributed by atoms with Gasteiger partial charge in [0.2, 0.25) is 0 Å². The molecular weight excluding hydrogens is 232 g/mol. The fraction of sp³-hybridized carbons (Fsp3) is 0.647. The van der Waals surface area contributed by atoms with E-state index in [0.29, 0.717) is 6.04 Å². The monoisotopic (exact) mass is 260 g/mol. The lowest BCUT2D eigenvalue weighted by Crippen LogP contribution is -2.39. The summed E-state index contributed by atoms with van der Waals surface area (Å²) in [5.74, 6) is 0.884. The molecule has 0 spiro atoms. The van der Waals surface area contributed by atoms with E-state index >= 15 is 0 Å². The standard InChI is InChI=1S/C17H28N2/c1-14-8-10-16(11-9-14)19(2)17(13-18)12-15-6-4-3-5-7-15/h8-11,15,17H,3-7,12-13,18H2,1-2H3. The highest BCUT2D eigenvalue weighted by molar-refractivity contribution is 5.47. The number of aryl methyl sites for hydroxylation is 1. The van der Waals surface area contributed by atoms with Gasteiger partial charge >= 0.3 is 0 Å². The topological polar surface area (TPSA) is 29.3 Å². The van der Waals surface area contributed by atoms with E-state index in [9.17, 15) is 0 Å². The zero-order valence-corrected chi connectivity index (χ0v) is 12.4. The van der Waals surface area contributed by atoms with Crippen molar-refractivity contribution < 1.29 is 0 Å². The lowest BCUT2D eigenvalue weighted by Gasteiger charge is -2.33. The van der Waals surface area contributed by atoms with E-state index in [2.05, 4.69) is 43.1 Å². The van der Waals surface area contributed by atoms with Gasteiger partial charge in [0, 0.05) is 25.3 Å². The van der Waals surface area contributed by atoms with E-state index in [1.165, 1.54) is 49.8 Å². The second-order valence-electron chi connectivity index (χ2n) is 6.08. The summed E-state index contributed by atoms with van der Waals surface area (Å²) in [5.41, 5.74) is 8.62. The maximum Gasteiger partial charge on any atom is 0.0411 e. The molecule has 106 valence electrons. The van der Waals surface area contributed by atoms with Crippen LogP contribution in [0, 0.1) is 12.8 Å². The van der Waals surface area contributed by atoms with Gasteiger partial charge in [0.1, 0.15) is 0 Å². The Labute approximate surface area is 118 Å². The van der Waals surface area contributed by atoms with Gasteiger partial charge in [-0.1, -0.05) is 49.8 Å². The van der Waals surface area contributed by atoms with Gasteiger partial charge in [-0.3, -0.25) is 0 Å². The van der Waals surface area contributed by atoms with Crippen molar-refractivity contribution >= 4 is 5.69 Å². The molecule has 1 aromatic rings. The van der Waals surface area contributed by atoms with Gasteiger partial charge in [-0.2, -0.15) is 0 Å². The minimum Gasteiger partial charge on any atom is -0.370 e. The van der Waals surface area contributed by atoms with Crippen molar-refractivity contribution in [2.75, 3.05) is 18.5 Å². The minimum atomic E-state index is 0.478. The quantitative estimate of drug-likeness (QED) is 0.874. The third-order valence-electron chi connectivity index (χ3n) is 4.59. The first-order valence-electron chi connectivity index (χ1n) is 7.70. The van der Waals surface area contributed by atoms with Crippen molar-refractivity contribution in [2.45, 2.75) is 51.5 Å². The second kappa shape index (κ2) is 6.95. The highest BCUT2D eigenvalue weighted by Crippen LogP contribution is 2.29. The van der Waals surface area contributed by atoms with E-state index < -0.39 is 0 Å². The summed E-state index contributed by atoms with van der Waals surface area (Å²) in [6.45, 7) is 2.88. The minimum absolute atomic E-state index is 0.478. The van der Waals surface area contributed by atoms with E-state index in [0.717, 1.165) is 12.5 Å². The number of benzene rings is 1. The Hall–Kier alpha value is -1.02. The SMILES string of the molecule is Cc1ccc(N(C)C(CN)CC2CCCCC2)cc1. The largest absolute Gasteiger partial charge is 0.370 e. The van der Waals surface area contributed by atoms with Crippen LogP contribution in [0.5, 0.6) is 0 Å². The number of nitrogens with zero attached hydrogens (tertiary/aromatic N) is 1. The Kier molecular flexibility index (Phi) is 5.26. The predicted octanol–water partition coefficient (Wildman–Crippen LogP) is 3.73. The Bertz CT molecular complexity index is 365. The lowest BCUT2D eigenvalue weighted by atomic mass is 9.84. The molecule has 0 heterocycles. The molecule has 1 aliphatic rings. The van der Waals surface area contributed by atoms with Gasteiger partial charge in [0.05, 0.1) is 0 Å². The fourth-order valence-corrected chi connectivity index (χ4v) is 3.21. The average molecular weight is 260 g/mol. The van der Waals surface area contributed by atoms with Gasteiger partial charge in [-0.05, 0) is 31.4 Å². The van der Waals surface area contributed by atoms with Gasteiger partial charge in [0.15, 0.2) is 0 Å². The van der Waals surface area contributed by atoms with Crippen LogP contribution in [0.25, 0.3) is 0 Å². The normalized spacial score (nSPS) is 18.3. The van der Waals surface area contributed by atoms with Crippen LogP contribution in [0.3, 0.4) is 0 Å². The third-order valence-corrected chi connectivity index (χ3v) is 4.59. The summed E-state index contributed by atoms with van der Waals surface area (Å²) < 4.78 is 0. The number of anilines is 1. The maximum atomic E-state index is 6.02. The molecule has 2 N–H and O–H groups in total. The number of likely N-dealkylation sites (N-methyl/N-ethyl adjacent to an activating group) is 1. The molecule has 1 fully saturated rings. The van der Waals surface area contributed by atoms with Crippen LogP contribution in [-0.2, 0) is 0 Å². The highest BCUT2D eigenvalue weighted by Gasteiger charge is 2.21. The van der Waals surface area contributed by atoms with E-state index in [-0.39, 0.29) is 0 Å². The van der Waals surface area contributed by atoms with Gasteiger partial charge in [-0.15, -0.1) is 0 Å². The molecule has 1 unspecified atom stereocenters. The van der Waals surface area contributed by atoms with Crippen LogP contribution in [0.1, 0.15) is 44.1 Å². The smallest absolute Gasteiger partial charge is 0.0411 e. The van der Waals surface area contributed by atoms with Crippen molar-refractivity contribution in [1.29, 1.82) is 0 Å². The molecule has 0 aliphatic heterocycles. The first-order valence-corrected chi connectivity index (χ1v) is 7.70. The van der Waals surface area contributed by atoms with E-state index in [1.807, 2.05) is 0 Å². The Morgan fingerprint density at radius 2 is 1.79 bits per heavy atom. The van der Waals surface area contributed by atoms with Crippen molar-refractivity contribution in [2.24, 2.45) is 11.7 Å². The van der Waals surface area contributed by atoms with Crippen molar-refractivity contribution in [3.05, 3.63) is 29.8 Å². The van der Waals surface area contributed by atoms with Crippen LogP contribution in [0.15, 0.2) is 24.3 Å². The molecule has 19 heavy (non-hydrogen) atoms. The molecule has 1 aromatic carbocycles. The van der Waals surface area contributed by atoms with Crippen LogP contribution in [0.2, 0.25) is 0 Å². The van der Waals surface area contributed by atoms with Crippen molar-refractivity contribution in [1.82, 2.24) is 0 Å². The molecule has 0 aromatic heterocycles. The Morgan fingerprint density at radius 3 is 2.37 bits per heavy atom. The highest BCUT2D eigenvalue weighted by atomic mass is 15.1. The molecule has 2 rings (SSSR count). The summed E-state index contributed by atoms with van der Waals surface area (Å²) in [6, 6.07) is 9.25. The summed E-state index contributed by atoms with van der Waals surface area (Å²) in [4.78, 5) is 2.37. The summed E-state index contributed by atoms with van der Waals surface area (Å²) in [5, 5.41) is 0. The summed E-state index contributed by atoms with van der Waals surface area (Å²) in [6.07, 6.45) is 8.31. The van der Waals surface area contributed by atoms with Crippen LogP contribution in [0.4, 0.5) is 5.69 Å². The van der Waals surface area contributed by atoms with Crippen molar-refractivity contribution in [3.63, 3.8) is 0 Å². The van der Waals surface area contributed by atoms with E-state index in [1.54, 1.807) is 0 Å². The molecule has 0 saturated heterocycles. The lowest BCUT2D eigenvalue weighted by molar-refractivity contribution is 0.316. The van der Waals surface area contributed by atoms with E-state index in [4.69, 9.17) is 5.73 Å². The first kappa shape index (κ1) is 14.4. The molecule has 2 nitrogen and oxygen atoms in total. The molecule has 0 bridgehead atoms. The molecule has 1 aliphatic carbocycles. The fourth-order valence-electron chi connectivity index (χ4n) is 3.21. The van der Waals surface area contributed by atoms with Crippen LogP contribution < -0.4 is 10.6 Å². The molecule has 0 radical (unpaired) electrons. The van der Waals surface area contributed by atoms with Gasteiger partial charge in [-0.25, -0.2) is 0 Å². The molecule has 0 amide bonds. The molecule has 1 atom stereocenters. The molecular formula is C17H28N2. The number of rotatable bonds is 5. The second-order valence-corrected chi connectivity index (χ2v) is 6.08. The summed E-state index contributed by atoms with van der Waals surface area (Å²) >= 11 is 0. The van der Waals surface area contributed by atoms with Gasteiger partial charge in [0.25, 0.3) is 0 Å². The van der Waals surface area contributed by atoms with Crippen LogP contribution in [-0.4, -0.2) is 19.6 Å². The number of hydrogen-bond acceptors (Lipinski definition) is 2. The first-order chi connectivity index (χ1) is 9.20. The third kappa shape index (κ3) is 3.97. The van der Waals surface area contributed by atoms with Crippen molar-refractivity contribution in [3.8, 4) is 0 Å². The number of nitrogens with two attached hydrogens (primary N) is 1. The Balaban J connectivity index is 1.97. The maximum absolute atomic E-state index is 6.02. The zero-order chi connectivity index (χ0) is 13.7. The molecule has 2 heteroatoms. The summed E-state index contributed by atoms with van der Waals surface area (Å²) in [7, 11) is 2.19. The number of hydrogen-bond donors (Lipinski definition) is 1. The van der Waals surface area contributed by atoms with Gasteiger partial charge < -0.3 is 10.6 Å². The Morgan fingerprint density at radius 1 is 1.16 bits per heavy atom. The van der Waals surface area contributed by atoms with Crippen LogP contribution >= 0.6 is 0 Å². The predicted molar refractivity (Wildman–Crippen MR) is 83.6 cm³/mol. The average Bonchev–Trinajstić information content (AvgIpc) is 2.46. The molecule has 1 saturated carbocycles.